The molecule has 0 aliphatic heterocycles. The van der Waals surface area contributed by atoms with Crippen LogP contribution in [0.4, 0.5) is 13.6 Å². The first-order valence-corrected chi connectivity index (χ1v) is 8.06. The maximum absolute atomic E-state index is 14.5. The van der Waals surface area contributed by atoms with Gasteiger partial charge < -0.3 is 14.8 Å². The number of alkyl halides is 2. The molecule has 1 N–H and O–H groups in total. The van der Waals surface area contributed by atoms with Crippen LogP contribution in [0.2, 0.25) is 0 Å². The first-order valence-electron chi connectivity index (χ1n) is 7.27. The Morgan fingerprint density at radius 2 is 1.92 bits per heavy atom. The first kappa shape index (κ1) is 20.3. The number of hydrogen-bond donors (Lipinski definition) is 1. The maximum atomic E-state index is 14.5. The quantitative estimate of drug-likeness (QED) is 0.742. The molecule has 0 saturated carbocycles. The molecule has 24 heavy (non-hydrogen) atoms. The molecule has 0 fully saturated rings. The second-order valence-corrected chi connectivity index (χ2v) is 6.89. The lowest BCUT2D eigenvalue weighted by Crippen LogP contribution is -2.47. The molecule has 1 aromatic carbocycles. The molecule has 0 radical (unpaired) electrons. The van der Waals surface area contributed by atoms with E-state index in [1.54, 1.807) is 26.8 Å². The van der Waals surface area contributed by atoms with E-state index >= 15 is 0 Å². The van der Waals surface area contributed by atoms with Gasteiger partial charge in [-0.05, 0) is 45.4 Å². The zero-order valence-corrected chi connectivity index (χ0v) is 15.4. The lowest BCUT2D eigenvalue weighted by Gasteiger charge is -2.28. The third-order valence-corrected chi connectivity index (χ3v) is 3.25. The number of benzene rings is 1. The Hall–Kier alpha value is -1.70. The zero-order valence-electron chi connectivity index (χ0n) is 13.9. The fourth-order valence-corrected chi connectivity index (χ4v) is 2.26. The number of carbonyl (C=O) groups is 2. The van der Waals surface area contributed by atoms with Crippen LogP contribution in [-0.4, -0.2) is 30.2 Å². The third kappa shape index (κ3) is 5.74. The van der Waals surface area contributed by atoms with Crippen LogP contribution in [0.1, 0.15) is 39.3 Å². The SMILES string of the molecule is CCOC(=O)C(F)(F)[C@H](NC(=O)OC(C)(C)C)c1cccc(Br)c1. The van der Waals surface area contributed by atoms with Crippen molar-refractivity contribution >= 4 is 28.0 Å². The summed E-state index contributed by atoms with van der Waals surface area (Å²) in [4.78, 5) is 23.6. The van der Waals surface area contributed by atoms with Gasteiger partial charge in [-0.25, -0.2) is 9.59 Å². The number of amides is 1. The summed E-state index contributed by atoms with van der Waals surface area (Å²) in [6.45, 7) is 6.02. The average molecular weight is 408 g/mol. The third-order valence-electron chi connectivity index (χ3n) is 2.75. The number of nitrogens with one attached hydrogen (secondary N) is 1. The normalized spacial score (nSPS) is 13.1. The van der Waals surface area contributed by atoms with Crippen LogP contribution in [0, 0.1) is 0 Å². The minimum Gasteiger partial charge on any atom is -0.461 e. The van der Waals surface area contributed by atoms with E-state index in [1.165, 1.54) is 25.1 Å². The summed E-state index contributed by atoms with van der Waals surface area (Å²) >= 11 is 3.17. The second kappa shape index (κ2) is 7.92. The molecule has 1 amide bonds. The van der Waals surface area contributed by atoms with Crippen molar-refractivity contribution in [2.45, 2.75) is 45.3 Å². The first-order chi connectivity index (χ1) is 11.0. The van der Waals surface area contributed by atoms with Crippen LogP contribution < -0.4 is 5.32 Å². The van der Waals surface area contributed by atoms with E-state index in [-0.39, 0.29) is 12.2 Å². The average Bonchev–Trinajstić information content (AvgIpc) is 2.43. The molecule has 0 aromatic heterocycles. The van der Waals surface area contributed by atoms with Gasteiger partial charge in [-0.3, -0.25) is 0 Å². The van der Waals surface area contributed by atoms with Gasteiger partial charge >= 0.3 is 18.0 Å². The van der Waals surface area contributed by atoms with Gasteiger partial charge in [-0.1, -0.05) is 28.1 Å². The summed E-state index contributed by atoms with van der Waals surface area (Å²) in [5, 5.41) is 2.06. The van der Waals surface area contributed by atoms with E-state index in [9.17, 15) is 18.4 Å². The topological polar surface area (TPSA) is 64.6 Å². The van der Waals surface area contributed by atoms with Gasteiger partial charge in [0, 0.05) is 4.47 Å². The standard InChI is InChI=1S/C16H20BrF2NO4/c1-5-23-13(21)16(18,19)12(10-7-6-8-11(17)9-10)20-14(22)24-15(2,3)4/h6-9,12H,5H2,1-4H3,(H,20,22)/t12-/m1/s1. The van der Waals surface area contributed by atoms with Crippen LogP contribution in [-0.2, 0) is 14.3 Å². The summed E-state index contributed by atoms with van der Waals surface area (Å²) in [5.41, 5.74) is -0.834. The predicted octanol–water partition coefficient (Wildman–Crippen LogP) is 4.21. The Labute approximate surface area is 147 Å². The van der Waals surface area contributed by atoms with Gasteiger partial charge in [0.1, 0.15) is 11.6 Å². The highest BCUT2D eigenvalue weighted by Gasteiger charge is 2.51. The van der Waals surface area contributed by atoms with E-state index in [1.807, 2.05) is 0 Å². The van der Waals surface area contributed by atoms with Crippen molar-refractivity contribution in [2.75, 3.05) is 6.61 Å². The van der Waals surface area contributed by atoms with Gasteiger partial charge in [0.25, 0.3) is 0 Å². The lowest BCUT2D eigenvalue weighted by atomic mass is 10.0. The van der Waals surface area contributed by atoms with E-state index in [2.05, 4.69) is 26.0 Å². The highest BCUT2D eigenvalue weighted by atomic mass is 79.9. The minimum absolute atomic E-state index is 0.0355. The zero-order chi connectivity index (χ0) is 18.5. The summed E-state index contributed by atoms with van der Waals surface area (Å²) in [6, 6.07) is 3.99. The highest BCUT2D eigenvalue weighted by Crippen LogP contribution is 2.34. The molecule has 0 aliphatic rings. The highest BCUT2D eigenvalue weighted by molar-refractivity contribution is 9.10. The molecular formula is C16H20BrF2NO4. The molecular weight excluding hydrogens is 388 g/mol. The molecule has 0 saturated heterocycles. The summed E-state index contributed by atoms with van der Waals surface area (Å²) < 4.78 is 39.0. The van der Waals surface area contributed by atoms with Crippen molar-refractivity contribution in [3.05, 3.63) is 34.3 Å². The van der Waals surface area contributed by atoms with E-state index in [0.717, 1.165) is 0 Å². The van der Waals surface area contributed by atoms with Gasteiger partial charge in [0.05, 0.1) is 6.61 Å². The van der Waals surface area contributed by atoms with Crippen molar-refractivity contribution in [1.82, 2.24) is 5.32 Å². The number of carbonyl (C=O) groups excluding carboxylic acids is 2. The number of alkyl carbamates (subject to hydrolysis) is 1. The Kier molecular flexibility index (Phi) is 6.71. The van der Waals surface area contributed by atoms with Crippen molar-refractivity contribution < 1.29 is 27.8 Å². The predicted molar refractivity (Wildman–Crippen MR) is 87.8 cm³/mol. The fraction of sp³-hybridized carbons (Fsp3) is 0.500. The van der Waals surface area contributed by atoms with Crippen molar-refractivity contribution in [2.24, 2.45) is 0 Å². The van der Waals surface area contributed by atoms with Crippen LogP contribution in [0.15, 0.2) is 28.7 Å². The van der Waals surface area contributed by atoms with Crippen LogP contribution >= 0.6 is 15.9 Å². The van der Waals surface area contributed by atoms with Crippen LogP contribution in [0.25, 0.3) is 0 Å². The largest absolute Gasteiger partial charge is 0.461 e. The number of halogens is 3. The molecule has 1 rings (SSSR count). The fourth-order valence-electron chi connectivity index (χ4n) is 1.84. The Balaban J connectivity index is 3.17. The van der Waals surface area contributed by atoms with Gasteiger partial charge in [0.2, 0.25) is 0 Å². The molecule has 5 nitrogen and oxygen atoms in total. The molecule has 0 unspecified atom stereocenters. The monoisotopic (exact) mass is 407 g/mol. The summed E-state index contributed by atoms with van der Waals surface area (Å²) in [7, 11) is 0. The van der Waals surface area contributed by atoms with Crippen molar-refractivity contribution in [3.63, 3.8) is 0 Å². The van der Waals surface area contributed by atoms with E-state index in [4.69, 9.17) is 4.74 Å². The van der Waals surface area contributed by atoms with E-state index in [0.29, 0.717) is 4.47 Å². The molecule has 0 bridgehead atoms. The Morgan fingerprint density at radius 1 is 1.29 bits per heavy atom. The number of hydrogen-bond acceptors (Lipinski definition) is 4. The van der Waals surface area contributed by atoms with Gasteiger partial charge in [-0.2, -0.15) is 8.78 Å². The number of ether oxygens (including phenoxy) is 2. The van der Waals surface area contributed by atoms with Gasteiger partial charge in [0.15, 0.2) is 0 Å². The molecule has 0 aliphatic carbocycles. The van der Waals surface area contributed by atoms with E-state index < -0.39 is 29.6 Å². The van der Waals surface area contributed by atoms with Crippen LogP contribution in [0.5, 0.6) is 0 Å². The Bertz CT molecular complexity index is 602. The summed E-state index contributed by atoms with van der Waals surface area (Å²) in [6.07, 6.45) is -1.06. The Morgan fingerprint density at radius 3 is 2.42 bits per heavy atom. The molecule has 0 spiro atoms. The van der Waals surface area contributed by atoms with Gasteiger partial charge in [-0.15, -0.1) is 0 Å². The molecule has 0 heterocycles. The minimum atomic E-state index is -3.96. The molecule has 1 atom stereocenters. The molecule has 1 aromatic rings. The maximum Gasteiger partial charge on any atom is 0.408 e. The lowest BCUT2D eigenvalue weighted by molar-refractivity contribution is -0.176. The smallest absolute Gasteiger partial charge is 0.408 e. The molecule has 8 heteroatoms. The van der Waals surface area contributed by atoms with Crippen molar-refractivity contribution in [3.8, 4) is 0 Å². The van der Waals surface area contributed by atoms with Crippen LogP contribution in [0.3, 0.4) is 0 Å². The number of rotatable bonds is 5. The second-order valence-electron chi connectivity index (χ2n) is 5.98. The number of esters is 1. The van der Waals surface area contributed by atoms with Crippen molar-refractivity contribution in [1.29, 1.82) is 0 Å². The summed E-state index contributed by atoms with van der Waals surface area (Å²) in [5.74, 6) is -5.68. The molecule has 134 valence electrons.